The highest BCUT2D eigenvalue weighted by molar-refractivity contribution is 6.09. The number of ether oxygens (including phenoxy) is 1. The van der Waals surface area contributed by atoms with Crippen molar-refractivity contribution in [2.24, 2.45) is 5.92 Å². The Morgan fingerprint density at radius 3 is 2.77 bits per heavy atom. The van der Waals surface area contributed by atoms with Crippen molar-refractivity contribution in [3.05, 3.63) is 76.8 Å². The van der Waals surface area contributed by atoms with E-state index < -0.39 is 5.92 Å². The number of anilines is 1. The minimum atomic E-state index is -0.458. The van der Waals surface area contributed by atoms with E-state index in [1.165, 1.54) is 0 Å². The SMILES string of the molecule is COc1cccc([C@H]2C(C(=O)Nc3ccccn3)=C(C)NC3=C2C(=O)C[C@H](C)C3)c1. The number of rotatable bonds is 4. The van der Waals surface area contributed by atoms with Gasteiger partial charge in [-0.05, 0) is 49.1 Å². The molecule has 2 atom stereocenters. The summed E-state index contributed by atoms with van der Waals surface area (Å²) in [5.74, 6) is 0.776. The Balaban J connectivity index is 1.81. The van der Waals surface area contributed by atoms with Crippen LogP contribution in [0.25, 0.3) is 0 Å². The number of amides is 1. The number of benzene rings is 1. The molecule has 2 heterocycles. The maximum absolute atomic E-state index is 13.3. The molecule has 2 aromatic rings. The Bertz CT molecular complexity index is 1060. The summed E-state index contributed by atoms with van der Waals surface area (Å²) in [6.07, 6.45) is 2.89. The highest BCUT2D eigenvalue weighted by Crippen LogP contribution is 2.44. The van der Waals surface area contributed by atoms with Gasteiger partial charge in [-0.15, -0.1) is 0 Å². The molecule has 0 fully saturated rings. The molecule has 0 saturated heterocycles. The van der Waals surface area contributed by atoms with Gasteiger partial charge >= 0.3 is 0 Å². The highest BCUT2D eigenvalue weighted by Gasteiger charge is 2.40. The van der Waals surface area contributed by atoms with E-state index in [0.29, 0.717) is 29.1 Å². The molecule has 6 heteroatoms. The Labute approximate surface area is 176 Å². The molecule has 0 unspecified atom stereocenters. The topological polar surface area (TPSA) is 80.3 Å². The second kappa shape index (κ2) is 8.14. The van der Waals surface area contributed by atoms with E-state index in [0.717, 1.165) is 23.4 Å². The average molecular weight is 403 g/mol. The molecule has 2 aliphatic rings. The van der Waals surface area contributed by atoms with Gasteiger partial charge in [0.05, 0.1) is 7.11 Å². The van der Waals surface area contributed by atoms with Gasteiger partial charge in [-0.3, -0.25) is 9.59 Å². The third-order valence-electron chi connectivity index (χ3n) is 5.61. The van der Waals surface area contributed by atoms with Gasteiger partial charge in [-0.1, -0.05) is 25.1 Å². The van der Waals surface area contributed by atoms with Gasteiger partial charge in [-0.25, -0.2) is 4.98 Å². The zero-order chi connectivity index (χ0) is 21.3. The first-order valence-electron chi connectivity index (χ1n) is 10.1. The molecule has 0 radical (unpaired) electrons. The van der Waals surface area contributed by atoms with Crippen molar-refractivity contribution in [1.82, 2.24) is 10.3 Å². The van der Waals surface area contributed by atoms with Crippen LogP contribution < -0.4 is 15.4 Å². The fourth-order valence-electron chi connectivity index (χ4n) is 4.31. The molecule has 1 aliphatic carbocycles. The molecular formula is C24H25N3O3. The number of Topliss-reactive ketones (excluding diaryl/α,β-unsaturated/α-hetero) is 1. The molecule has 1 aliphatic heterocycles. The number of pyridine rings is 1. The molecule has 30 heavy (non-hydrogen) atoms. The van der Waals surface area contributed by atoms with Crippen molar-refractivity contribution in [2.75, 3.05) is 12.4 Å². The predicted octanol–water partition coefficient (Wildman–Crippen LogP) is 3.94. The summed E-state index contributed by atoms with van der Waals surface area (Å²) in [7, 11) is 1.61. The smallest absolute Gasteiger partial charge is 0.255 e. The fourth-order valence-corrected chi connectivity index (χ4v) is 4.31. The third kappa shape index (κ3) is 3.73. The van der Waals surface area contributed by atoms with Crippen molar-refractivity contribution < 1.29 is 14.3 Å². The normalized spacial score (nSPS) is 21.1. The second-order valence-electron chi connectivity index (χ2n) is 7.87. The van der Waals surface area contributed by atoms with Gasteiger partial charge in [0, 0.05) is 41.1 Å². The molecule has 0 bridgehead atoms. The van der Waals surface area contributed by atoms with Gasteiger partial charge in [0.15, 0.2) is 5.78 Å². The molecule has 2 N–H and O–H groups in total. The lowest BCUT2D eigenvalue weighted by atomic mass is 9.73. The molecule has 1 aromatic carbocycles. The molecule has 154 valence electrons. The Morgan fingerprint density at radius 2 is 2.03 bits per heavy atom. The van der Waals surface area contributed by atoms with Crippen LogP contribution in [-0.4, -0.2) is 23.8 Å². The van der Waals surface area contributed by atoms with Gasteiger partial charge in [0.25, 0.3) is 5.91 Å². The third-order valence-corrected chi connectivity index (χ3v) is 5.61. The second-order valence-corrected chi connectivity index (χ2v) is 7.87. The Kier molecular flexibility index (Phi) is 5.40. The number of methoxy groups -OCH3 is 1. The van der Waals surface area contributed by atoms with Crippen molar-refractivity contribution >= 4 is 17.5 Å². The van der Waals surface area contributed by atoms with Gasteiger partial charge in [0.1, 0.15) is 11.6 Å². The number of hydrogen-bond donors (Lipinski definition) is 2. The van der Waals surface area contributed by atoms with Crippen molar-refractivity contribution in [1.29, 1.82) is 0 Å². The largest absolute Gasteiger partial charge is 0.497 e. The first kappa shape index (κ1) is 19.9. The number of dihydropyridines is 1. The van der Waals surface area contributed by atoms with Crippen LogP contribution in [0.4, 0.5) is 5.82 Å². The van der Waals surface area contributed by atoms with E-state index in [9.17, 15) is 9.59 Å². The number of carbonyl (C=O) groups excluding carboxylic acids is 2. The van der Waals surface area contributed by atoms with Crippen LogP contribution in [0.3, 0.4) is 0 Å². The first-order valence-corrected chi connectivity index (χ1v) is 10.1. The summed E-state index contributed by atoms with van der Waals surface area (Å²) < 4.78 is 5.40. The summed E-state index contributed by atoms with van der Waals surface area (Å²) >= 11 is 0. The van der Waals surface area contributed by atoms with Gasteiger partial charge < -0.3 is 15.4 Å². The number of carbonyl (C=O) groups is 2. The van der Waals surface area contributed by atoms with Gasteiger partial charge in [0.2, 0.25) is 0 Å². The molecule has 4 rings (SSSR count). The standard InChI is InChI=1S/C24H25N3O3/c1-14-11-18-23(19(28)12-14)22(16-7-6-8-17(13-16)30-3)21(15(2)26-18)24(29)27-20-9-4-5-10-25-20/h4-10,13-14,22,26H,11-12H2,1-3H3,(H,25,27,29)/t14-,22+/m1/s1. The average Bonchev–Trinajstić information content (AvgIpc) is 2.73. The van der Waals surface area contributed by atoms with E-state index in [1.54, 1.807) is 25.4 Å². The van der Waals surface area contributed by atoms with E-state index in [1.807, 2.05) is 37.3 Å². The lowest BCUT2D eigenvalue weighted by Crippen LogP contribution is -2.37. The number of hydrogen-bond acceptors (Lipinski definition) is 5. The molecule has 1 amide bonds. The molecule has 6 nitrogen and oxygen atoms in total. The van der Waals surface area contributed by atoms with E-state index in [-0.39, 0.29) is 17.6 Å². The van der Waals surface area contributed by atoms with Crippen LogP contribution >= 0.6 is 0 Å². The maximum Gasteiger partial charge on any atom is 0.255 e. The van der Waals surface area contributed by atoms with Crippen LogP contribution in [0.15, 0.2) is 71.2 Å². The summed E-state index contributed by atoms with van der Waals surface area (Å²) in [6, 6.07) is 12.9. The first-order chi connectivity index (χ1) is 14.5. The summed E-state index contributed by atoms with van der Waals surface area (Å²) in [5.41, 5.74) is 3.72. The zero-order valence-corrected chi connectivity index (χ0v) is 17.4. The fraction of sp³-hybridized carbons (Fsp3) is 0.292. The minimum absolute atomic E-state index is 0.0831. The molecule has 0 spiro atoms. The maximum atomic E-state index is 13.3. The summed E-state index contributed by atoms with van der Waals surface area (Å²) in [4.78, 5) is 30.7. The highest BCUT2D eigenvalue weighted by atomic mass is 16.5. The predicted molar refractivity (Wildman–Crippen MR) is 115 cm³/mol. The van der Waals surface area contributed by atoms with E-state index >= 15 is 0 Å². The summed E-state index contributed by atoms with van der Waals surface area (Å²) in [5, 5.41) is 6.23. The van der Waals surface area contributed by atoms with Crippen LogP contribution in [0.1, 0.15) is 38.2 Å². The van der Waals surface area contributed by atoms with Crippen LogP contribution in [-0.2, 0) is 9.59 Å². The molecular weight excluding hydrogens is 378 g/mol. The zero-order valence-electron chi connectivity index (χ0n) is 17.4. The lowest BCUT2D eigenvalue weighted by molar-refractivity contribution is -0.117. The van der Waals surface area contributed by atoms with Crippen molar-refractivity contribution in [3.63, 3.8) is 0 Å². The van der Waals surface area contributed by atoms with E-state index in [4.69, 9.17) is 4.74 Å². The van der Waals surface area contributed by atoms with Crippen molar-refractivity contribution in [3.8, 4) is 5.75 Å². The number of allylic oxidation sites excluding steroid dienone is 3. The van der Waals surface area contributed by atoms with E-state index in [2.05, 4.69) is 22.5 Å². The summed E-state index contributed by atoms with van der Waals surface area (Å²) in [6.45, 7) is 3.96. The Morgan fingerprint density at radius 1 is 1.20 bits per heavy atom. The van der Waals surface area contributed by atoms with Crippen molar-refractivity contribution in [2.45, 2.75) is 32.6 Å². The molecule has 1 aromatic heterocycles. The monoisotopic (exact) mass is 403 g/mol. The van der Waals surface area contributed by atoms with Crippen LogP contribution in [0.2, 0.25) is 0 Å². The lowest BCUT2D eigenvalue weighted by Gasteiger charge is -2.36. The van der Waals surface area contributed by atoms with Crippen LogP contribution in [0, 0.1) is 5.92 Å². The number of nitrogens with one attached hydrogen (secondary N) is 2. The number of aromatic nitrogens is 1. The molecule has 0 saturated carbocycles. The minimum Gasteiger partial charge on any atom is -0.497 e. The Hall–Kier alpha value is -3.41. The van der Waals surface area contributed by atoms with Gasteiger partial charge in [-0.2, -0.15) is 0 Å². The van der Waals surface area contributed by atoms with Crippen LogP contribution in [0.5, 0.6) is 5.75 Å². The quantitative estimate of drug-likeness (QED) is 0.808. The number of ketones is 1. The number of nitrogens with zero attached hydrogens (tertiary/aromatic N) is 1.